The Hall–Kier alpha value is -3.74. The molecule has 3 N–H and O–H groups in total. The van der Waals surface area contributed by atoms with Gasteiger partial charge in [0.05, 0.1) is 18.4 Å². The van der Waals surface area contributed by atoms with Crippen molar-refractivity contribution < 1.29 is 14.6 Å². The average Bonchev–Trinajstić information content (AvgIpc) is 3.10. The summed E-state index contributed by atoms with van der Waals surface area (Å²) in [5.74, 6) is 0.409. The number of hydrogen-bond acceptors (Lipinski definition) is 5. The van der Waals surface area contributed by atoms with E-state index < -0.39 is 5.92 Å². The molecule has 0 saturated carbocycles. The SMILES string of the molecule is COc1cc([C@H]2C3=C(CCCC3=O)Nc3[nH]n(-c4ccccc4)c(=O)c32)ccc1O. The Kier molecular flexibility index (Phi) is 4.24. The maximum atomic E-state index is 13.5. The molecule has 0 spiro atoms. The highest BCUT2D eigenvalue weighted by Crippen LogP contribution is 2.45. The lowest BCUT2D eigenvalue weighted by Crippen LogP contribution is -2.29. The normalized spacial score (nSPS) is 17.9. The van der Waals surface area contributed by atoms with Gasteiger partial charge in [-0.15, -0.1) is 0 Å². The number of ketones is 1. The molecular formula is C23H21N3O4. The number of ether oxygens (including phenoxy) is 1. The fourth-order valence-electron chi connectivity index (χ4n) is 4.40. The smallest absolute Gasteiger partial charge is 0.277 e. The van der Waals surface area contributed by atoms with Crippen LogP contribution < -0.4 is 15.6 Å². The Labute approximate surface area is 172 Å². The second kappa shape index (κ2) is 6.95. The molecule has 7 nitrogen and oxygen atoms in total. The summed E-state index contributed by atoms with van der Waals surface area (Å²) in [5, 5.41) is 16.5. The molecule has 2 heterocycles. The number of methoxy groups -OCH3 is 1. The van der Waals surface area contributed by atoms with Crippen LogP contribution in [0.2, 0.25) is 0 Å². The number of anilines is 1. The number of aromatic hydroxyl groups is 1. The van der Waals surface area contributed by atoms with Gasteiger partial charge in [-0.2, -0.15) is 0 Å². The number of carbonyl (C=O) groups is 1. The molecule has 1 aliphatic heterocycles. The minimum atomic E-state index is -0.535. The molecule has 0 fully saturated rings. The second-order valence-electron chi connectivity index (χ2n) is 7.53. The van der Waals surface area contributed by atoms with Crippen LogP contribution in [0.15, 0.2) is 64.6 Å². The number of carbonyl (C=O) groups excluding carboxylic acids is 1. The largest absolute Gasteiger partial charge is 0.504 e. The monoisotopic (exact) mass is 403 g/mol. The van der Waals surface area contributed by atoms with Gasteiger partial charge in [-0.05, 0) is 42.7 Å². The highest BCUT2D eigenvalue weighted by atomic mass is 16.5. The van der Waals surface area contributed by atoms with Crippen molar-refractivity contribution in [2.24, 2.45) is 0 Å². The first-order valence-corrected chi connectivity index (χ1v) is 9.89. The van der Waals surface area contributed by atoms with Crippen LogP contribution in [0.5, 0.6) is 11.5 Å². The van der Waals surface area contributed by atoms with E-state index in [9.17, 15) is 14.7 Å². The van der Waals surface area contributed by atoms with Crippen molar-refractivity contribution in [1.29, 1.82) is 0 Å². The van der Waals surface area contributed by atoms with E-state index in [1.165, 1.54) is 17.9 Å². The van der Waals surface area contributed by atoms with Crippen molar-refractivity contribution in [2.45, 2.75) is 25.2 Å². The van der Waals surface area contributed by atoms with Gasteiger partial charge in [0.25, 0.3) is 5.56 Å². The van der Waals surface area contributed by atoms with Crippen LogP contribution in [-0.2, 0) is 4.79 Å². The van der Waals surface area contributed by atoms with Gasteiger partial charge in [0.15, 0.2) is 17.3 Å². The number of nitrogens with one attached hydrogen (secondary N) is 2. The summed E-state index contributed by atoms with van der Waals surface area (Å²) in [4.78, 5) is 26.4. The van der Waals surface area contributed by atoms with E-state index in [2.05, 4.69) is 10.4 Å². The lowest BCUT2D eigenvalue weighted by Gasteiger charge is -2.31. The maximum Gasteiger partial charge on any atom is 0.277 e. The topological polar surface area (TPSA) is 96.4 Å². The fourth-order valence-corrected chi connectivity index (χ4v) is 4.40. The number of benzene rings is 2. The molecule has 30 heavy (non-hydrogen) atoms. The number of phenols is 1. The van der Waals surface area contributed by atoms with E-state index >= 15 is 0 Å². The summed E-state index contributed by atoms with van der Waals surface area (Å²) in [6.45, 7) is 0. The highest BCUT2D eigenvalue weighted by molar-refractivity contribution is 6.01. The average molecular weight is 403 g/mol. The van der Waals surface area contributed by atoms with Gasteiger partial charge in [0.1, 0.15) is 5.82 Å². The van der Waals surface area contributed by atoms with Gasteiger partial charge in [-0.25, -0.2) is 4.68 Å². The summed E-state index contributed by atoms with van der Waals surface area (Å²) >= 11 is 0. The predicted octanol–water partition coefficient (Wildman–Crippen LogP) is 3.44. The van der Waals surface area contributed by atoms with Crippen LogP contribution in [-0.4, -0.2) is 27.8 Å². The molecule has 0 unspecified atom stereocenters. The lowest BCUT2D eigenvalue weighted by atomic mass is 9.77. The number of hydrogen-bond donors (Lipinski definition) is 3. The van der Waals surface area contributed by atoms with Crippen molar-refractivity contribution in [3.8, 4) is 17.2 Å². The van der Waals surface area contributed by atoms with Crippen LogP contribution in [0.3, 0.4) is 0 Å². The molecule has 2 aliphatic rings. The van der Waals surface area contributed by atoms with Gasteiger partial charge in [-0.1, -0.05) is 24.3 Å². The number of para-hydroxylation sites is 1. The van der Waals surface area contributed by atoms with Crippen molar-refractivity contribution >= 4 is 11.6 Å². The third-order valence-electron chi connectivity index (χ3n) is 5.79. The third kappa shape index (κ3) is 2.74. The maximum absolute atomic E-state index is 13.5. The zero-order valence-corrected chi connectivity index (χ0v) is 16.4. The number of H-pyrrole nitrogens is 1. The summed E-state index contributed by atoms with van der Waals surface area (Å²) in [5.41, 5.74) is 3.18. The molecule has 1 aromatic heterocycles. The Morgan fingerprint density at radius 3 is 2.67 bits per heavy atom. The number of Topliss-reactive ketones (excluding diaryl/α,β-unsaturated/α-hetero) is 1. The first-order chi connectivity index (χ1) is 14.6. The number of nitrogens with zero attached hydrogens (tertiary/aromatic N) is 1. The number of aromatic nitrogens is 2. The van der Waals surface area contributed by atoms with Crippen LogP contribution >= 0.6 is 0 Å². The van der Waals surface area contributed by atoms with E-state index in [1.54, 1.807) is 12.1 Å². The van der Waals surface area contributed by atoms with Crippen molar-refractivity contribution in [3.05, 3.63) is 81.3 Å². The van der Waals surface area contributed by atoms with Crippen LogP contribution in [0, 0.1) is 0 Å². The Balaban J connectivity index is 1.75. The van der Waals surface area contributed by atoms with Gasteiger partial charge in [-0.3, -0.25) is 14.7 Å². The summed E-state index contributed by atoms with van der Waals surface area (Å²) in [6.07, 6.45) is 1.97. The van der Waals surface area contributed by atoms with E-state index in [-0.39, 0.29) is 17.1 Å². The number of phenolic OH excluding ortho intramolecular Hbond substituents is 1. The molecule has 1 atom stereocenters. The van der Waals surface area contributed by atoms with Gasteiger partial charge in [0, 0.05) is 23.6 Å². The molecule has 152 valence electrons. The van der Waals surface area contributed by atoms with Crippen molar-refractivity contribution in [3.63, 3.8) is 0 Å². The Bertz CT molecular complexity index is 1240. The molecule has 1 aliphatic carbocycles. The lowest BCUT2D eigenvalue weighted by molar-refractivity contribution is -0.116. The molecule has 3 aromatic rings. The van der Waals surface area contributed by atoms with E-state index in [1.807, 2.05) is 30.3 Å². The Morgan fingerprint density at radius 2 is 1.90 bits per heavy atom. The van der Waals surface area contributed by atoms with Crippen LogP contribution in [0.25, 0.3) is 5.69 Å². The molecule has 5 rings (SSSR count). The van der Waals surface area contributed by atoms with E-state index in [0.29, 0.717) is 34.8 Å². The molecule has 0 radical (unpaired) electrons. The van der Waals surface area contributed by atoms with Crippen molar-refractivity contribution in [1.82, 2.24) is 9.78 Å². The molecule has 7 heteroatoms. The molecule has 0 bridgehead atoms. The minimum Gasteiger partial charge on any atom is -0.504 e. The van der Waals surface area contributed by atoms with Crippen molar-refractivity contribution in [2.75, 3.05) is 12.4 Å². The third-order valence-corrected chi connectivity index (χ3v) is 5.79. The van der Waals surface area contributed by atoms with E-state index in [4.69, 9.17) is 4.74 Å². The van der Waals surface area contributed by atoms with Gasteiger partial charge in [0.2, 0.25) is 0 Å². The number of fused-ring (bicyclic) bond motifs is 1. The second-order valence-corrected chi connectivity index (χ2v) is 7.53. The van der Waals surface area contributed by atoms with Crippen LogP contribution in [0.4, 0.5) is 5.82 Å². The zero-order chi connectivity index (χ0) is 20.8. The molecule has 0 saturated heterocycles. The summed E-state index contributed by atoms with van der Waals surface area (Å²) < 4.78 is 6.77. The Morgan fingerprint density at radius 1 is 1.10 bits per heavy atom. The summed E-state index contributed by atoms with van der Waals surface area (Å²) in [7, 11) is 1.47. The minimum absolute atomic E-state index is 0.00958. The molecule has 2 aromatic carbocycles. The number of aromatic amines is 1. The predicted molar refractivity (Wildman–Crippen MR) is 112 cm³/mol. The van der Waals surface area contributed by atoms with Gasteiger partial charge < -0.3 is 15.2 Å². The first-order valence-electron chi connectivity index (χ1n) is 9.89. The zero-order valence-electron chi connectivity index (χ0n) is 16.4. The first kappa shape index (κ1) is 18.3. The van der Waals surface area contributed by atoms with Gasteiger partial charge >= 0.3 is 0 Å². The van der Waals surface area contributed by atoms with E-state index in [0.717, 1.165) is 24.1 Å². The molecule has 0 amide bonds. The highest BCUT2D eigenvalue weighted by Gasteiger charge is 2.39. The standard InChI is InChI=1S/C23H21N3O4/c1-30-18-12-13(10-11-16(18)27)19-20-15(8-5-9-17(20)28)24-22-21(19)23(29)26(25-22)14-6-3-2-4-7-14/h2-4,6-7,10-12,19,24-25,27H,5,8-9H2,1H3/t19-/m0/s1. The number of rotatable bonds is 3. The quantitative estimate of drug-likeness (QED) is 0.623. The molecular weight excluding hydrogens is 382 g/mol. The van der Waals surface area contributed by atoms with Crippen LogP contribution in [0.1, 0.15) is 36.3 Å². The fraction of sp³-hybridized carbons (Fsp3) is 0.217. The number of allylic oxidation sites excluding steroid dienone is 2. The summed E-state index contributed by atoms with van der Waals surface area (Å²) in [6, 6.07) is 14.3.